The van der Waals surface area contributed by atoms with E-state index < -0.39 is 0 Å². The number of carbonyl (C=O) groups excluding carboxylic acids is 1. The number of hydrogen-bond acceptors (Lipinski definition) is 3. The van der Waals surface area contributed by atoms with Crippen LogP contribution < -0.4 is 10.6 Å². The second-order valence-corrected chi connectivity index (χ2v) is 5.03. The highest BCUT2D eigenvalue weighted by atomic mass is 16.5. The molecule has 0 saturated heterocycles. The Balaban J connectivity index is 1.94. The molecular formula is C14H28N2O2. The fourth-order valence-corrected chi connectivity index (χ4v) is 2.33. The third-order valence-electron chi connectivity index (χ3n) is 3.57. The van der Waals surface area contributed by atoms with Crippen molar-refractivity contribution < 1.29 is 9.53 Å². The number of amides is 1. The van der Waals surface area contributed by atoms with Gasteiger partial charge in [0.05, 0.1) is 19.3 Å². The molecule has 4 heteroatoms. The van der Waals surface area contributed by atoms with Crippen molar-refractivity contribution in [2.45, 2.75) is 64.5 Å². The zero-order valence-electron chi connectivity index (χ0n) is 11.8. The molecule has 106 valence electrons. The summed E-state index contributed by atoms with van der Waals surface area (Å²) in [6, 6.07) is 0.314. The largest absolute Gasteiger partial charge is 0.377 e. The Labute approximate surface area is 111 Å². The third kappa shape index (κ3) is 6.36. The highest BCUT2D eigenvalue weighted by Crippen LogP contribution is 2.20. The Morgan fingerprint density at radius 3 is 2.56 bits per heavy atom. The molecule has 0 spiro atoms. The van der Waals surface area contributed by atoms with Crippen molar-refractivity contribution in [1.82, 2.24) is 10.6 Å². The molecule has 1 aliphatic rings. The van der Waals surface area contributed by atoms with E-state index in [4.69, 9.17) is 4.74 Å². The lowest BCUT2D eigenvalue weighted by atomic mass is 10.2. The summed E-state index contributed by atoms with van der Waals surface area (Å²) in [6.07, 6.45) is 7.46. The highest BCUT2D eigenvalue weighted by Gasteiger charge is 2.14. The quantitative estimate of drug-likeness (QED) is 0.619. The zero-order chi connectivity index (χ0) is 13.2. The maximum absolute atomic E-state index is 11.6. The van der Waals surface area contributed by atoms with Gasteiger partial charge in [-0.25, -0.2) is 0 Å². The van der Waals surface area contributed by atoms with Crippen LogP contribution in [0, 0.1) is 0 Å². The maximum atomic E-state index is 11.6. The van der Waals surface area contributed by atoms with Gasteiger partial charge in [0, 0.05) is 12.6 Å². The summed E-state index contributed by atoms with van der Waals surface area (Å²) >= 11 is 0. The Morgan fingerprint density at radius 1 is 1.28 bits per heavy atom. The lowest BCUT2D eigenvalue weighted by Gasteiger charge is -2.15. The summed E-state index contributed by atoms with van der Waals surface area (Å²) in [6.45, 7) is 6.05. The van der Waals surface area contributed by atoms with Crippen LogP contribution in [0.1, 0.15) is 52.4 Å². The summed E-state index contributed by atoms with van der Waals surface area (Å²) < 4.78 is 5.71. The standard InChI is InChI=1S/C14H28N2O2/c1-3-12(4-2)16-14(17)11-15-9-10-18-13-7-5-6-8-13/h12-13,15H,3-11H2,1-2H3,(H,16,17). The van der Waals surface area contributed by atoms with Crippen molar-refractivity contribution in [3.05, 3.63) is 0 Å². The van der Waals surface area contributed by atoms with E-state index in [-0.39, 0.29) is 5.91 Å². The Hall–Kier alpha value is -0.610. The van der Waals surface area contributed by atoms with Crippen molar-refractivity contribution in [2.75, 3.05) is 19.7 Å². The lowest BCUT2D eigenvalue weighted by molar-refractivity contribution is -0.121. The Bertz CT molecular complexity index is 224. The van der Waals surface area contributed by atoms with Crippen molar-refractivity contribution in [3.63, 3.8) is 0 Å². The van der Waals surface area contributed by atoms with E-state index >= 15 is 0 Å². The Morgan fingerprint density at radius 2 is 1.94 bits per heavy atom. The van der Waals surface area contributed by atoms with Gasteiger partial charge >= 0.3 is 0 Å². The minimum absolute atomic E-state index is 0.0876. The third-order valence-corrected chi connectivity index (χ3v) is 3.57. The van der Waals surface area contributed by atoms with Crippen LogP contribution in [-0.2, 0) is 9.53 Å². The fourth-order valence-electron chi connectivity index (χ4n) is 2.33. The second kappa shape index (κ2) is 9.34. The average Bonchev–Trinajstić information content (AvgIpc) is 2.88. The van der Waals surface area contributed by atoms with Gasteiger partial charge in [0.15, 0.2) is 0 Å². The van der Waals surface area contributed by atoms with Crippen molar-refractivity contribution in [3.8, 4) is 0 Å². The molecule has 0 unspecified atom stereocenters. The monoisotopic (exact) mass is 256 g/mol. The molecule has 0 aliphatic heterocycles. The predicted molar refractivity (Wildman–Crippen MR) is 73.6 cm³/mol. The van der Waals surface area contributed by atoms with Gasteiger partial charge in [0.25, 0.3) is 0 Å². The first-order chi connectivity index (χ1) is 8.76. The molecule has 0 radical (unpaired) electrons. The molecule has 4 nitrogen and oxygen atoms in total. The molecule has 0 aromatic carbocycles. The van der Waals surface area contributed by atoms with E-state index in [1.54, 1.807) is 0 Å². The first-order valence-electron chi connectivity index (χ1n) is 7.38. The number of ether oxygens (including phenoxy) is 1. The molecule has 1 fully saturated rings. The van der Waals surface area contributed by atoms with Gasteiger partial charge in [-0.1, -0.05) is 26.7 Å². The topological polar surface area (TPSA) is 50.4 Å². The number of carbonyl (C=O) groups is 1. The van der Waals surface area contributed by atoms with E-state index in [9.17, 15) is 4.79 Å². The average molecular weight is 256 g/mol. The van der Waals surface area contributed by atoms with Crippen LogP contribution in [0.4, 0.5) is 0 Å². The summed E-state index contributed by atoms with van der Waals surface area (Å²) in [7, 11) is 0. The van der Waals surface area contributed by atoms with Gasteiger partial charge in [-0.3, -0.25) is 4.79 Å². The minimum atomic E-state index is 0.0876. The van der Waals surface area contributed by atoms with Crippen LogP contribution in [0.5, 0.6) is 0 Å². The molecule has 0 aromatic heterocycles. The van der Waals surface area contributed by atoms with Gasteiger partial charge in [0.2, 0.25) is 5.91 Å². The highest BCUT2D eigenvalue weighted by molar-refractivity contribution is 5.78. The minimum Gasteiger partial charge on any atom is -0.377 e. The molecule has 0 bridgehead atoms. The normalized spacial score (nSPS) is 16.4. The molecule has 1 amide bonds. The van der Waals surface area contributed by atoms with Crippen LogP contribution in [0.15, 0.2) is 0 Å². The van der Waals surface area contributed by atoms with Crippen molar-refractivity contribution >= 4 is 5.91 Å². The molecule has 1 aliphatic carbocycles. The van der Waals surface area contributed by atoms with Crippen LogP contribution in [-0.4, -0.2) is 37.7 Å². The SMILES string of the molecule is CCC(CC)NC(=O)CNCCOC1CCCC1. The van der Waals surface area contributed by atoms with E-state index in [1.165, 1.54) is 25.7 Å². The van der Waals surface area contributed by atoms with Crippen molar-refractivity contribution in [1.29, 1.82) is 0 Å². The predicted octanol–water partition coefficient (Wildman–Crippen LogP) is 1.84. The van der Waals surface area contributed by atoms with Crippen LogP contribution in [0.2, 0.25) is 0 Å². The maximum Gasteiger partial charge on any atom is 0.234 e. The number of hydrogen-bond donors (Lipinski definition) is 2. The van der Waals surface area contributed by atoms with Crippen molar-refractivity contribution in [2.24, 2.45) is 0 Å². The first kappa shape index (κ1) is 15.4. The summed E-state index contributed by atoms with van der Waals surface area (Å²) in [4.78, 5) is 11.6. The number of rotatable bonds is 9. The summed E-state index contributed by atoms with van der Waals surface area (Å²) in [5.41, 5.74) is 0. The Kier molecular flexibility index (Phi) is 8.01. The number of nitrogens with one attached hydrogen (secondary N) is 2. The molecule has 0 atom stereocenters. The molecule has 0 heterocycles. The van der Waals surface area contributed by atoms with Gasteiger partial charge in [-0.05, 0) is 25.7 Å². The molecular weight excluding hydrogens is 228 g/mol. The van der Waals surface area contributed by atoms with E-state index in [2.05, 4.69) is 24.5 Å². The van der Waals surface area contributed by atoms with E-state index in [0.29, 0.717) is 25.3 Å². The van der Waals surface area contributed by atoms with Crippen LogP contribution >= 0.6 is 0 Å². The molecule has 18 heavy (non-hydrogen) atoms. The fraction of sp³-hybridized carbons (Fsp3) is 0.929. The smallest absolute Gasteiger partial charge is 0.234 e. The molecule has 2 N–H and O–H groups in total. The van der Waals surface area contributed by atoms with Gasteiger partial charge < -0.3 is 15.4 Å². The van der Waals surface area contributed by atoms with E-state index in [0.717, 1.165) is 19.4 Å². The van der Waals surface area contributed by atoms with Crippen LogP contribution in [0.3, 0.4) is 0 Å². The summed E-state index contributed by atoms with van der Waals surface area (Å²) in [5, 5.41) is 6.13. The molecule has 1 saturated carbocycles. The zero-order valence-corrected chi connectivity index (χ0v) is 11.8. The van der Waals surface area contributed by atoms with Gasteiger partial charge in [-0.15, -0.1) is 0 Å². The molecule has 1 rings (SSSR count). The van der Waals surface area contributed by atoms with Crippen LogP contribution in [0.25, 0.3) is 0 Å². The van der Waals surface area contributed by atoms with Gasteiger partial charge in [0.1, 0.15) is 0 Å². The first-order valence-corrected chi connectivity index (χ1v) is 7.38. The summed E-state index contributed by atoms with van der Waals surface area (Å²) in [5.74, 6) is 0.0876. The van der Waals surface area contributed by atoms with Gasteiger partial charge in [-0.2, -0.15) is 0 Å². The van der Waals surface area contributed by atoms with E-state index in [1.807, 2.05) is 0 Å². The lowest BCUT2D eigenvalue weighted by Crippen LogP contribution is -2.40. The molecule has 0 aromatic rings. The second-order valence-electron chi connectivity index (χ2n) is 5.03.